The summed E-state index contributed by atoms with van der Waals surface area (Å²) in [6, 6.07) is 8.05. The van der Waals surface area contributed by atoms with Crippen molar-refractivity contribution < 1.29 is 14.3 Å². The van der Waals surface area contributed by atoms with Gasteiger partial charge in [-0.25, -0.2) is 9.78 Å². The lowest BCUT2D eigenvalue weighted by molar-refractivity contribution is 0.0224. The topological polar surface area (TPSA) is 54.9 Å². The summed E-state index contributed by atoms with van der Waals surface area (Å²) in [5.41, 5.74) is 4.21. The van der Waals surface area contributed by atoms with Crippen molar-refractivity contribution in [1.82, 2.24) is 9.88 Å². The Morgan fingerprint density at radius 2 is 2.03 bits per heavy atom. The number of halogens is 1. The maximum Gasteiger partial charge on any atom is 0.410 e. The van der Waals surface area contributed by atoms with Crippen molar-refractivity contribution in [3.05, 3.63) is 52.2 Å². The summed E-state index contributed by atoms with van der Waals surface area (Å²) >= 11 is 6.51. The largest absolute Gasteiger partial charge is 0.481 e. The predicted molar refractivity (Wildman–Crippen MR) is 122 cm³/mol. The van der Waals surface area contributed by atoms with Gasteiger partial charge in [-0.15, -0.1) is 0 Å². The first-order valence-corrected chi connectivity index (χ1v) is 11.2. The van der Waals surface area contributed by atoms with E-state index in [0.717, 1.165) is 48.6 Å². The highest BCUT2D eigenvalue weighted by Gasteiger charge is 2.35. The number of benzene rings is 1. The molecule has 2 aliphatic rings. The van der Waals surface area contributed by atoms with Crippen molar-refractivity contribution in [2.45, 2.75) is 58.2 Å². The fourth-order valence-corrected chi connectivity index (χ4v) is 4.76. The van der Waals surface area contributed by atoms with Crippen LogP contribution in [0.3, 0.4) is 0 Å². The van der Waals surface area contributed by atoms with Crippen molar-refractivity contribution in [3.8, 4) is 5.88 Å². The van der Waals surface area contributed by atoms with E-state index in [2.05, 4.69) is 16.0 Å². The highest BCUT2D eigenvalue weighted by Crippen LogP contribution is 2.40. The second-order valence-electron chi connectivity index (χ2n) is 9.19. The summed E-state index contributed by atoms with van der Waals surface area (Å²) in [4.78, 5) is 21.3. The standard InChI is InChI=1S/C24H30ClN3O3/c1-24(2,3)31-23(29)28-10-5-6-21(28)19-13-17(25)12-16-8-11-27(15-20(16)19)18-7-9-26-22(14-18)30-4/h7,9,12-14,21H,5-6,8,10-11,15H2,1-4H3/t21-/m0/s1. The highest BCUT2D eigenvalue weighted by atomic mass is 35.5. The first-order chi connectivity index (χ1) is 14.7. The summed E-state index contributed by atoms with van der Waals surface area (Å²) < 4.78 is 11.0. The number of fused-ring (bicyclic) bond motifs is 1. The van der Waals surface area contributed by atoms with Gasteiger partial charge in [0.2, 0.25) is 5.88 Å². The zero-order chi connectivity index (χ0) is 22.2. The van der Waals surface area contributed by atoms with Crippen LogP contribution in [0.5, 0.6) is 5.88 Å². The maximum absolute atomic E-state index is 12.9. The quantitative estimate of drug-likeness (QED) is 0.637. The van der Waals surface area contributed by atoms with Gasteiger partial charge in [-0.2, -0.15) is 0 Å². The van der Waals surface area contributed by atoms with E-state index in [0.29, 0.717) is 12.4 Å². The lowest BCUT2D eigenvalue weighted by atomic mass is 9.90. The number of aromatic nitrogens is 1. The Bertz CT molecular complexity index is 973. The van der Waals surface area contributed by atoms with E-state index in [9.17, 15) is 4.79 Å². The molecule has 2 aromatic rings. The smallest absolute Gasteiger partial charge is 0.410 e. The summed E-state index contributed by atoms with van der Waals surface area (Å²) in [5.74, 6) is 0.603. The number of ether oxygens (including phenoxy) is 2. The molecule has 2 aliphatic heterocycles. The second-order valence-corrected chi connectivity index (χ2v) is 9.63. The van der Waals surface area contributed by atoms with Gasteiger partial charge in [-0.1, -0.05) is 11.6 Å². The molecule has 6 nitrogen and oxygen atoms in total. The molecule has 1 fully saturated rings. The van der Waals surface area contributed by atoms with E-state index >= 15 is 0 Å². The van der Waals surface area contributed by atoms with Crippen molar-refractivity contribution in [2.24, 2.45) is 0 Å². The molecular weight excluding hydrogens is 414 g/mol. The van der Waals surface area contributed by atoms with Crippen LogP contribution in [0.25, 0.3) is 0 Å². The number of amides is 1. The summed E-state index contributed by atoms with van der Waals surface area (Å²) in [6.45, 7) is 8.05. The van der Waals surface area contributed by atoms with E-state index in [-0.39, 0.29) is 12.1 Å². The van der Waals surface area contributed by atoms with Crippen molar-refractivity contribution >= 4 is 23.4 Å². The Balaban J connectivity index is 1.66. The number of pyridine rings is 1. The van der Waals surface area contributed by atoms with Crippen LogP contribution in [0.4, 0.5) is 10.5 Å². The van der Waals surface area contributed by atoms with E-state index in [1.165, 1.54) is 11.1 Å². The van der Waals surface area contributed by atoms with Gasteiger partial charge in [0.25, 0.3) is 0 Å². The Kier molecular flexibility index (Phi) is 6.02. The number of carbonyl (C=O) groups excluding carboxylic acids is 1. The SMILES string of the molecule is COc1cc(N2CCc3cc(Cl)cc([C@@H]4CCCN4C(=O)OC(C)(C)C)c3C2)ccn1. The molecular formula is C24H30ClN3O3. The van der Waals surface area contributed by atoms with Gasteiger partial charge in [-0.05, 0) is 74.9 Å². The zero-order valence-electron chi connectivity index (χ0n) is 18.7. The highest BCUT2D eigenvalue weighted by molar-refractivity contribution is 6.30. The summed E-state index contributed by atoms with van der Waals surface area (Å²) in [7, 11) is 1.63. The average molecular weight is 444 g/mol. The van der Waals surface area contributed by atoms with Crippen LogP contribution in [0, 0.1) is 0 Å². The number of likely N-dealkylation sites (tertiary alicyclic amines) is 1. The number of rotatable bonds is 3. The molecule has 0 saturated carbocycles. The normalized spacial score (nSPS) is 18.7. The number of nitrogens with zero attached hydrogens (tertiary/aromatic N) is 3. The Morgan fingerprint density at radius 3 is 2.77 bits per heavy atom. The second kappa shape index (κ2) is 8.58. The van der Waals surface area contributed by atoms with Crippen LogP contribution in [0.2, 0.25) is 5.02 Å². The van der Waals surface area contributed by atoms with E-state index in [1.54, 1.807) is 13.3 Å². The minimum Gasteiger partial charge on any atom is -0.481 e. The molecule has 0 aliphatic carbocycles. The van der Waals surface area contributed by atoms with E-state index < -0.39 is 5.60 Å². The number of methoxy groups -OCH3 is 1. The van der Waals surface area contributed by atoms with Crippen molar-refractivity contribution in [2.75, 3.05) is 25.1 Å². The molecule has 0 spiro atoms. The molecule has 166 valence electrons. The molecule has 0 bridgehead atoms. The fraction of sp³-hybridized carbons (Fsp3) is 0.500. The molecule has 4 rings (SSSR count). The number of hydrogen-bond donors (Lipinski definition) is 0. The third kappa shape index (κ3) is 4.74. The Hall–Kier alpha value is -2.47. The molecule has 1 saturated heterocycles. The minimum absolute atomic E-state index is 0.0192. The van der Waals surface area contributed by atoms with Crippen LogP contribution in [-0.4, -0.2) is 41.8 Å². The Morgan fingerprint density at radius 1 is 1.23 bits per heavy atom. The molecule has 31 heavy (non-hydrogen) atoms. The summed E-state index contributed by atoms with van der Waals surface area (Å²) in [5, 5.41) is 0.726. The van der Waals surface area contributed by atoms with Gasteiger partial charge in [0.05, 0.1) is 13.2 Å². The molecule has 1 amide bonds. The fourth-order valence-electron chi connectivity index (χ4n) is 4.51. The number of hydrogen-bond acceptors (Lipinski definition) is 5. The molecule has 1 atom stereocenters. The van der Waals surface area contributed by atoms with E-state index in [4.69, 9.17) is 21.1 Å². The minimum atomic E-state index is -0.519. The van der Waals surface area contributed by atoms with Gasteiger partial charge >= 0.3 is 6.09 Å². The number of anilines is 1. The van der Waals surface area contributed by atoms with Crippen LogP contribution >= 0.6 is 11.6 Å². The predicted octanol–water partition coefficient (Wildman–Crippen LogP) is 5.38. The molecule has 1 aromatic carbocycles. The molecule has 1 aromatic heterocycles. The zero-order valence-corrected chi connectivity index (χ0v) is 19.4. The van der Waals surface area contributed by atoms with Crippen molar-refractivity contribution in [3.63, 3.8) is 0 Å². The maximum atomic E-state index is 12.9. The third-order valence-electron chi connectivity index (χ3n) is 5.87. The third-order valence-corrected chi connectivity index (χ3v) is 6.09. The lowest BCUT2D eigenvalue weighted by Gasteiger charge is -2.35. The first-order valence-electron chi connectivity index (χ1n) is 10.8. The van der Waals surface area contributed by atoms with Crippen LogP contribution < -0.4 is 9.64 Å². The van der Waals surface area contributed by atoms with Gasteiger partial charge < -0.3 is 19.3 Å². The van der Waals surface area contributed by atoms with E-state index in [1.807, 2.05) is 43.9 Å². The van der Waals surface area contributed by atoms with Crippen molar-refractivity contribution in [1.29, 1.82) is 0 Å². The molecule has 0 N–H and O–H groups in total. The van der Waals surface area contributed by atoms with Gasteiger partial charge in [0, 0.05) is 42.6 Å². The van der Waals surface area contributed by atoms with Crippen LogP contribution in [0.15, 0.2) is 30.5 Å². The van der Waals surface area contributed by atoms with Crippen LogP contribution in [-0.2, 0) is 17.7 Å². The van der Waals surface area contributed by atoms with Crippen LogP contribution in [0.1, 0.15) is 56.3 Å². The molecule has 0 radical (unpaired) electrons. The van der Waals surface area contributed by atoms with Gasteiger partial charge in [0.1, 0.15) is 5.60 Å². The van der Waals surface area contributed by atoms with Gasteiger partial charge in [0.15, 0.2) is 0 Å². The average Bonchev–Trinajstić information content (AvgIpc) is 3.21. The number of carbonyl (C=O) groups is 1. The lowest BCUT2D eigenvalue weighted by Crippen LogP contribution is -2.37. The summed E-state index contributed by atoms with van der Waals surface area (Å²) in [6.07, 6.45) is 4.28. The molecule has 0 unspecified atom stereocenters. The monoisotopic (exact) mass is 443 g/mol. The van der Waals surface area contributed by atoms with Gasteiger partial charge in [-0.3, -0.25) is 0 Å². The molecule has 3 heterocycles. The Labute approximate surface area is 189 Å². The first kappa shape index (κ1) is 21.8. The molecule has 7 heteroatoms.